The van der Waals surface area contributed by atoms with E-state index in [1.165, 1.54) is 38.6 Å². The van der Waals surface area contributed by atoms with Crippen molar-refractivity contribution in [1.29, 1.82) is 0 Å². The minimum absolute atomic E-state index is 0.693. The molecule has 0 saturated heterocycles. The maximum atomic E-state index is 3.42. The first kappa shape index (κ1) is 11.0. The topological polar surface area (TPSA) is 15.3 Å². The molecule has 0 radical (unpaired) electrons. The van der Waals surface area contributed by atoms with Crippen molar-refractivity contribution in [3.63, 3.8) is 0 Å². The second-order valence-corrected chi connectivity index (χ2v) is 4.63. The molecule has 78 valence electrons. The largest absolute Gasteiger partial charge is 0.316 e. The van der Waals surface area contributed by atoms with Crippen LogP contribution in [0.3, 0.4) is 0 Å². The molecular formula is C11H24N2. The van der Waals surface area contributed by atoms with Gasteiger partial charge in [-0.25, -0.2) is 0 Å². The predicted octanol–water partition coefficient (Wildman–Crippen LogP) is 1.72. The molecule has 13 heavy (non-hydrogen) atoms. The second kappa shape index (κ2) is 5.61. The van der Waals surface area contributed by atoms with Crippen LogP contribution in [0, 0.1) is 5.92 Å². The molecule has 2 nitrogen and oxygen atoms in total. The predicted molar refractivity (Wildman–Crippen MR) is 58.0 cm³/mol. The van der Waals surface area contributed by atoms with Gasteiger partial charge in [0.2, 0.25) is 0 Å². The van der Waals surface area contributed by atoms with Crippen LogP contribution in [0.1, 0.15) is 32.1 Å². The third-order valence-electron chi connectivity index (χ3n) is 3.09. The molecule has 1 atom stereocenters. The minimum atomic E-state index is 0.693. The molecule has 1 saturated carbocycles. The van der Waals surface area contributed by atoms with Crippen LogP contribution in [-0.2, 0) is 0 Å². The van der Waals surface area contributed by atoms with E-state index in [4.69, 9.17) is 0 Å². The van der Waals surface area contributed by atoms with E-state index in [1.54, 1.807) is 0 Å². The van der Waals surface area contributed by atoms with Crippen LogP contribution in [-0.4, -0.2) is 38.6 Å². The normalized spacial score (nSPS) is 21.2. The highest BCUT2D eigenvalue weighted by Gasteiger charge is 2.19. The summed E-state index contributed by atoms with van der Waals surface area (Å²) in [5, 5.41) is 3.42. The molecule has 0 aromatic heterocycles. The highest BCUT2D eigenvalue weighted by Crippen LogP contribution is 2.28. The van der Waals surface area contributed by atoms with Gasteiger partial charge in [-0.1, -0.05) is 25.7 Å². The van der Waals surface area contributed by atoms with Crippen molar-refractivity contribution in [2.24, 2.45) is 5.92 Å². The van der Waals surface area contributed by atoms with Gasteiger partial charge in [-0.2, -0.15) is 0 Å². The number of nitrogens with zero attached hydrogens (tertiary/aromatic N) is 1. The van der Waals surface area contributed by atoms with E-state index in [1.807, 2.05) is 0 Å². The lowest BCUT2D eigenvalue weighted by Crippen LogP contribution is -2.37. The van der Waals surface area contributed by atoms with Crippen LogP contribution in [0.5, 0.6) is 0 Å². The van der Waals surface area contributed by atoms with Crippen molar-refractivity contribution in [2.45, 2.75) is 38.1 Å². The highest BCUT2D eigenvalue weighted by molar-refractivity contribution is 4.76. The van der Waals surface area contributed by atoms with Crippen molar-refractivity contribution in [1.82, 2.24) is 10.2 Å². The molecule has 2 heteroatoms. The zero-order valence-corrected chi connectivity index (χ0v) is 9.34. The summed E-state index contributed by atoms with van der Waals surface area (Å²) in [7, 11) is 6.39. The summed E-state index contributed by atoms with van der Waals surface area (Å²) in [6.07, 6.45) is 7.22. The lowest BCUT2D eigenvalue weighted by molar-refractivity contribution is 0.306. The van der Waals surface area contributed by atoms with E-state index >= 15 is 0 Å². The van der Waals surface area contributed by atoms with Gasteiger partial charge in [-0.05, 0) is 33.5 Å². The first-order chi connectivity index (χ1) is 6.22. The molecule has 0 aliphatic heterocycles. The summed E-state index contributed by atoms with van der Waals surface area (Å²) in [5.41, 5.74) is 0. The first-order valence-corrected chi connectivity index (χ1v) is 5.54. The Hall–Kier alpha value is -0.0800. The first-order valence-electron chi connectivity index (χ1n) is 5.54. The molecule has 1 fully saturated rings. The Balaban J connectivity index is 2.21. The highest BCUT2D eigenvalue weighted by atomic mass is 15.1. The molecule has 0 bridgehead atoms. The standard InChI is InChI=1S/C11H24N2/c1-12-11(9-13(2)3)8-10-6-4-5-7-10/h10-12H,4-9H2,1-3H3. The van der Waals surface area contributed by atoms with Crippen molar-refractivity contribution >= 4 is 0 Å². The molecular weight excluding hydrogens is 160 g/mol. The smallest absolute Gasteiger partial charge is 0.0194 e. The number of rotatable bonds is 5. The van der Waals surface area contributed by atoms with E-state index in [-0.39, 0.29) is 0 Å². The quantitative estimate of drug-likeness (QED) is 0.700. The third-order valence-corrected chi connectivity index (χ3v) is 3.09. The van der Waals surface area contributed by atoms with E-state index in [0.717, 1.165) is 5.92 Å². The van der Waals surface area contributed by atoms with Crippen LogP contribution in [0.15, 0.2) is 0 Å². The molecule has 1 rings (SSSR count). The Kier molecular flexibility index (Phi) is 4.74. The average Bonchev–Trinajstić information content (AvgIpc) is 2.55. The summed E-state index contributed by atoms with van der Waals surface area (Å²) in [4.78, 5) is 2.27. The van der Waals surface area contributed by atoms with Crippen LogP contribution in [0.4, 0.5) is 0 Å². The molecule has 0 amide bonds. The Bertz CT molecular complexity index is 128. The summed E-state index contributed by atoms with van der Waals surface area (Å²) >= 11 is 0. The lowest BCUT2D eigenvalue weighted by Gasteiger charge is -2.23. The van der Waals surface area contributed by atoms with Crippen LogP contribution < -0.4 is 5.32 Å². The van der Waals surface area contributed by atoms with Gasteiger partial charge in [0.05, 0.1) is 0 Å². The molecule has 0 aromatic rings. The van der Waals surface area contributed by atoms with E-state index in [9.17, 15) is 0 Å². The van der Waals surface area contributed by atoms with E-state index in [0.29, 0.717) is 6.04 Å². The van der Waals surface area contributed by atoms with Gasteiger partial charge in [0.25, 0.3) is 0 Å². The van der Waals surface area contributed by atoms with Crippen molar-refractivity contribution in [2.75, 3.05) is 27.7 Å². The molecule has 1 N–H and O–H groups in total. The Labute approximate surface area is 82.7 Å². The van der Waals surface area contributed by atoms with Gasteiger partial charge in [0.1, 0.15) is 0 Å². The molecule has 1 aliphatic carbocycles. The fourth-order valence-electron chi connectivity index (χ4n) is 2.37. The van der Waals surface area contributed by atoms with Crippen molar-refractivity contribution < 1.29 is 0 Å². The monoisotopic (exact) mass is 184 g/mol. The third kappa shape index (κ3) is 4.10. The van der Waals surface area contributed by atoms with Crippen LogP contribution in [0.2, 0.25) is 0 Å². The summed E-state index contributed by atoms with van der Waals surface area (Å²) in [5.74, 6) is 0.998. The van der Waals surface area contributed by atoms with Gasteiger partial charge < -0.3 is 10.2 Å². The maximum absolute atomic E-state index is 3.42. The van der Waals surface area contributed by atoms with Gasteiger partial charge in [0, 0.05) is 12.6 Å². The number of hydrogen-bond donors (Lipinski definition) is 1. The Morgan fingerprint density at radius 2 is 1.92 bits per heavy atom. The van der Waals surface area contributed by atoms with Crippen molar-refractivity contribution in [3.8, 4) is 0 Å². The number of hydrogen-bond acceptors (Lipinski definition) is 2. The SMILES string of the molecule is CNC(CC1CCCC1)CN(C)C. The van der Waals surface area contributed by atoms with Crippen LogP contribution >= 0.6 is 0 Å². The van der Waals surface area contributed by atoms with Crippen LogP contribution in [0.25, 0.3) is 0 Å². The second-order valence-electron chi connectivity index (χ2n) is 4.63. The van der Waals surface area contributed by atoms with Gasteiger partial charge in [-0.3, -0.25) is 0 Å². The number of nitrogens with one attached hydrogen (secondary N) is 1. The average molecular weight is 184 g/mol. The molecule has 1 unspecified atom stereocenters. The Morgan fingerprint density at radius 1 is 1.31 bits per heavy atom. The summed E-state index contributed by atoms with van der Waals surface area (Å²) in [6.45, 7) is 1.17. The summed E-state index contributed by atoms with van der Waals surface area (Å²) < 4.78 is 0. The lowest BCUT2D eigenvalue weighted by atomic mass is 9.98. The van der Waals surface area contributed by atoms with Gasteiger partial charge >= 0.3 is 0 Å². The summed E-state index contributed by atoms with van der Waals surface area (Å²) in [6, 6.07) is 0.693. The fraction of sp³-hybridized carbons (Fsp3) is 1.00. The fourth-order valence-corrected chi connectivity index (χ4v) is 2.37. The molecule has 0 heterocycles. The maximum Gasteiger partial charge on any atom is 0.0194 e. The van der Waals surface area contributed by atoms with E-state index < -0.39 is 0 Å². The molecule has 0 aromatic carbocycles. The molecule has 1 aliphatic rings. The Morgan fingerprint density at radius 3 is 2.38 bits per heavy atom. The number of likely N-dealkylation sites (N-methyl/N-ethyl adjacent to an activating group) is 2. The van der Waals surface area contributed by atoms with Gasteiger partial charge in [0.15, 0.2) is 0 Å². The zero-order valence-electron chi connectivity index (χ0n) is 9.34. The zero-order chi connectivity index (χ0) is 9.68. The molecule has 0 spiro atoms. The van der Waals surface area contributed by atoms with E-state index in [2.05, 4.69) is 31.4 Å². The minimum Gasteiger partial charge on any atom is -0.316 e. The van der Waals surface area contributed by atoms with Gasteiger partial charge in [-0.15, -0.1) is 0 Å². The van der Waals surface area contributed by atoms with Crippen molar-refractivity contribution in [3.05, 3.63) is 0 Å².